The average molecular weight is 812 g/mol. The molecule has 0 saturated carbocycles. The number of anilines is 2. The molecule has 0 spiro atoms. The maximum atomic E-state index is 5.84. The van der Waals surface area contributed by atoms with Crippen molar-refractivity contribution in [2.75, 3.05) is 4.90 Å². The van der Waals surface area contributed by atoms with Crippen LogP contribution in [0, 0.1) is 0 Å². The van der Waals surface area contributed by atoms with Gasteiger partial charge in [0.25, 0.3) is 0 Å². The van der Waals surface area contributed by atoms with Crippen molar-refractivity contribution in [1.82, 2.24) is 0 Å². The maximum Gasteiger partial charge on any atom is 0.142 e. The van der Waals surface area contributed by atoms with E-state index >= 15 is 0 Å². The third-order valence-corrected chi connectivity index (χ3v) is 11.0. The van der Waals surface area contributed by atoms with Crippen LogP contribution in [0.25, 0.3) is 66.5 Å². The first-order chi connectivity index (χ1) is 31.1. The highest BCUT2D eigenvalue weighted by Gasteiger charge is 2.16. The van der Waals surface area contributed by atoms with Crippen molar-refractivity contribution in [2.24, 2.45) is 0 Å². The summed E-state index contributed by atoms with van der Waals surface area (Å²) >= 11 is 0. The van der Waals surface area contributed by atoms with E-state index in [-0.39, 0.29) is 0 Å². The van der Waals surface area contributed by atoms with E-state index in [9.17, 15) is 0 Å². The van der Waals surface area contributed by atoms with E-state index in [1.807, 2.05) is 97.1 Å². The van der Waals surface area contributed by atoms with Crippen molar-refractivity contribution in [3.05, 3.63) is 273 Å². The lowest BCUT2D eigenvalue weighted by Gasteiger charge is -2.25. The minimum absolute atomic E-state index is 0.860. The predicted octanol–water partition coefficient (Wildman–Crippen LogP) is 16.7. The molecule has 63 heavy (non-hydrogen) atoms. The third-order valence-electron chi connectivity index (χ3n) is 11.0. The van der Waals surface area contributed by atoms with Crippen LogP contribution >= 0.6 is 0 Å². The highest BCUT2D eigenvalue weighted by atomic mass is 16.5. The van der Waals surface area contributed by atoms with Gasteiger partial charge in [-0.15, -0.1) is 0 Å². The SMILES string of the molecule is C=C1/C=C\C=C/N(c2ccccc2)c2ccc(-c3ccccc3)cc21.C=C1/C=C\C=C/Oc2c1cccc2-c1ccccc1.c1ccc(-c2ccc3oc4ccccc4c3c2)cc1. The smallest absolute Gasteiger partial charge is 0.142 e. The second kappa shape index (κ2) is 18.9. The molecule has 9 aromatic rings. The van der Waals surface area contributed by atoms with Gasteiger partial charge in [0.1, 0.15) is 16.9 Å². The molecule has 0 N–H and O–H groups in total. The summed E-state index contributed by atoms with van der Waals surface area (Å²) in [5.41, 5.74) is 15.4. The van der Waals surface area contributed by atoms with Gasteiger partial charge in [-0.05, 0) is 93.6 Å². The summed E-state index contributed by atoms with van der Waals surface area (Å²) in [7, 11) is 0. The summed E-state index contributed by atoms with van der Waals surface area (Å²) in [6.45, 7) is 8.36. The van der Waals surface area contributed by atoms with Crippen molar-refractivity contribution in [1.29, 1.82) is 0 Å². The molecular formula is C60H45NO2. The number of furan rings is 1. The van der Waals surface area contributed by atoms with Crippen molar-refractivity contribution >= 4 is 44.5 Å². The molecule has 11 rings (SSSR count). The highest BCUT2D eigenvalue weighted by Crippen LogP contribution is 2.39. The lowest BCUT2D eigenvalue weighted by molar-refractivity contribution is 0.481. The first-order valence-corrected chi connectivity index (χ1v) is 21.0. The largest absolute Gasteiger partial charge is 0.464 e. The van der Waals surface area contributed by atoms with Gasteiger partial charge in [-0.1, -0.05) is 195 Å². The van der Waals surface area contributed by atoms with Gasteiger partial charge in [0.2, 0.25) is 0 Å². The Hall–Kier alpha value is -8.40. The lowest BCUT2D eigenvalue weighted by Crippen LogP contribution is -2.11. The third kappa shape index (κ3) is 9.05. The topological polar surface area (TPSA) is 25.6 Å². The van der Waals surface area contributed by atoms with Crippen molar-refractivity contribution in [2.45, 2.75) is 0 Å². The second-order valence-electron chi connectivity index (χ2n) is 15.1. The van der Waals surface area contributed by atoms with E-state index in [1.165, 1.54) is 33.0 Å². The van der Waals surface area contributed by atoms with E-state index in [1.54, 1.807) is 6.26 Å². The monoisotopic (exact) mass is 811 g/mol. The van der Waals surface area contributed by atoms with E-state index < -0.39 is 0 Å². The number of rotatable bonds is 4. The average Bonchev–Trinajstić information content (AvgIpc) is 3.72. The van der Waals surface area contributed by atoms with Gasteiger partial charge in [-0.3, -0.25) is 0 Å². The van der Waals surface area contributed by atoms with Gasteiger partial charge in [-0.25, -0.2) is 0 Å². The number of fused-ring (bicyclic) bond motifs is 5. The van der Waals surface area contributed by atoms with Crippen LogP contribution in [0.15, 0.2) is 267 Å². The number of ether oxygens (including phenoxy) is 1. The van der Waals surface area contributed by atoms with Crippen molar-refractivity contribution < 1.29 is 9.15 Å². The van der Waals surface area contributed by atoms with E-state index in [4.69, 9.17) is 9.15 Å². The zero-order chi connectivity index (χ0) is 42.8. The Morgan fingerprint density at radius 2 is 0.937 bits per heavy atom. The van der Waals surface area contributed by atoms with E-state index in [0.29, 0.717) is 0 Å². The molecular weight excluding hydrogens is 767 g/mol. The summed E-state index contributed by atoms with van der Waals surface area (Å²) in [6, 6.07) is 68.8. The van der Waals surface area contributed by atoms with E-state index in [0.717, 1.165) is 61.7 Å². The zero-order valence-electron chi connectivity index (χ0n) is 34.8. The molecule has 2 aliphatic heterocycles. The molecule has 1 aromatic heterocycles. The van der Waals surface area contributed by atoms with Crippen LogP contribution in [-0.2, 0) is 0 Å². The lowest BCUT2D eigenvalue weighted by atomic mass is 9.96. The van der Waals surface area contributed by atoms with Crippen LogP contribution in [0.3, 0.4) is 0 Å². The second-order valence-corrected chi connectivity index (χ2v) is 15.1. The highest BCUT2D eigenvalue weighted by molar-refractivity contribution is 6.06. The van der Waals surface area contributed by atoms with Crippen molar-refractivity contribution in [3.63, 3.8) is 0 Å². The minimum Gasteiger partial charge on any atom is -0.464 e. The molecule has 3 heteroatoms. The molecule has 0 saturated heterocycles. The quantitative estimate of drug-likeness (QED) is 0.177. The molecule has 0 bridgehead atoms. The Bertz CT molecular complexity index is 3150. The minimum atomic E-state index is 0.860. The van der Waals surface area contributed by atoms with Gasteiger partial charge >= 0.3 is 0 Å². The Balaban J connectivity index is 0.000000122. The normalized spacial score (nSPS) is 14.7. The number of allylic oxidation sites excluding steroid dienone is 8. The Labute approximate surface area is 369 Å². The number of para-hydroxylation sites is 3. The predicted molar refractivity (Wildman–Crippen MR) is 267 cm³/mol. The van der Waals surface area contributed by atoms with Crippen molar-refractivity contribution in [3.8, 4) is 39.1 Å². The summed E-state index contributed by atoms with van der Waals surface area (Å²) in [5.74, 6) is 0.860. The molecule has 3 heterocycles. The summed E-state index contributed by atoms with van der Waals surface area (Å²) in [4.78, 5) is 2.21. The molecule has 8 aromatic carbocycles. The zero-order valence-corrected chi connectivity index (χ0v) is 34.8. The Morgan fingerprint density at radius 3 is 1.65 bits per heavy atom. The van der Waals surface area contributed by atoms with Gasteiger partial charge in [0.15, 0.2) is 0 Å². The first kappa shape index (κ1) is 40.0. The molecule has 0 radical (unpaired) electrons. The molecule has 2 aliphatic rings. The fourth-order valence-electron chi connectivity index (χ4n) is 7.82. The van der Waals surface area contributed by atoms with Crippen LogP contribution < -0.4 is 9.64 Å². The number of hydrogen-bond donors (Lipinski definition) is 0. The molecule has 0 fully saturated rings. The number of hydrogen-bond acceptors (Lipinski definition) is 3. The fraction of sp³-hybridized carbons (Fsp3) is 0. The van der Waals surface area contributed by atoms with Crippen LogP contribution in [-0.4, -0.2) is 0 Å². The summed E-state index contributed by atoms with van der Waals surface area (Å²) in [5, 5.41) is 2.35. The maximum absolute atomic E-state index is 5.84. The van der Waals surface area contributed by atoms with Crippen LogP contribution in [0.2, 0.25) is 0 Å². The summed E-state index contributed by atoms with van der Waals surface area (Å²) < 4.78 is 11.6. The van der Waals surface area contributed by atoms with Gasteiger partial charge in [-0.2, -0.15) is 0 Å². The van der Waals surface area contributed by atoms with Gasteiger partial charge < -0.3 is 14.1 Å². The van der Waals surface area contributed by atoms with Gasteiger partial charge in [0.05, 0.1) is 11.9 Å². The van der Waals surface area contributed by atoms with Crippen LogP contribution in [0.1, 0.15) is 11.1 Å². The van der Waals surface area contributed by atoms with Crippen LogP contribution in [0.4, 0.5) is 11.4 Å². The molecule has 0 amide bonds. The molecule has 302 valence electrons. The Kier molecular flexibility index (Phi) is 12.0. The molecule has 0 unspecified atom stereocenters. The molecule has 0 atom stereocenters. The van der Waals surface area contributed by atoms with E-state index in [2.05, 4.69) is 164 Å². The molecule has 3 nitrogen and oxygen atoms in total. The summed E-state index contributed by atoms with van der Waals surface area (Å²) in [6.07, 6.45) is 15.7. The fourth-order valence-corrected chi connectivity index (χ4v) is 7.82. The van der Waals surface area contributed by atoms with Gasteiger partial charge in [0, 0.05) is 39.4 Å². The standard InChI is InChI=1S/C24H19N.C18H12O.C18H14O/c1-19-10-8-9-17-25(22-13-6-3-7-14-22)24-16-15-21(18-23(19)24)20-11-4-2-5-12-20;1-2-6-13(7-3-1)14-10-11-18-16(12-14)15-8-4-5-9-17(15)19-18;1-14-8-5-6-13-19-18-16(14)11-7-12-17(18)15-9-3-2-4-10-15/h2-18H,1H2;1-12H;2-13H,1H2/b10-8-,17-9-;;8-5-,13-6-. The Morgan fingerprint density at radius 1 is 0.381 bits per heavy atom. The van der Waals surface area contributed by atoms with Crippen LogP contribution in [0.5, 0.6) is 5.75 Å². The number of nitrogens with zero attached hydrogens (tertiary/aromatic N) is 1. The molecule has 0 aliphatic carbocycles. The first-order valence-electron chi connectivity index (χ1n) is 21.0. The number of benzene rings is 8.